The van der Waals surface area contributed by atoms with E-state index in [1.807, 2.05) is 42.5 Å². The lowest BCUT2D eigenvalue weighted by Gasteiger charge is -2.12. The Morgan fingerprint density at radius 2 is 1.74 bits per heavy atom. The van der Waals surface area contributed by atoms with Gasteiger partial charge in [-0.05, 0) is 61.1 Å². The highest BCUT2D eigenvalue weighted by molar-refractivity contribution is 14.0. The molecule has 1 saturated carbocycles. The number of aliphatic imine (C=N–C) groups is 1. The molecule has 0 atom stereocenters. The summed E-state index contributed by atoms with van der Waals surface area (Å²) in [6.45, 7) is 1.61. The van der Waals surface area contributed by atoms with E-state index in [0.29, 0.717) is 11.8 Å². The fourth-order valence-corrected chi connectivity index (χ4v) is 3.17. The fraction of sp³-hybridized carbons (Fsp3) is 0.391. The van der Waals surface area contributed by atoms with Crippen LogP contribution in [0.1, 0.15) is 24.0 Å². The van der Waals surface area contributed by atoms with Crippen LogP contribution in [-0.2, 0) is 17.6 Å². The van der Waals surface area contributed by atoms with Crippen LogP contribution >= 0.6 is 35.6 Å². The Bertz CT molecular complexity index is 857. The molecule has 1 amide bonds. The molecule has 2 aromatic carbocycles. The van der Waals surface area contributed by atoms with Crippen LogP contribution in [0.5, 0.6) is 5.75 Å². The number of hydrogen-bond donors (Lipinski definition) is 3. The summed E-state index contributed by atoms with van der Waals surface area (Å²) in [5.74, 6) is 1.43. The molecule has 2 aromatic rings. The molecule has 3 rings (SSSR count). The minimum absolute atomic E-state index is 0. The number of hydrogen-bond acceptors (Lipinski definition) is 3. The van der Waals surface area contributed by atoms with Gasteiger partial charge >= 0.3 is 0 Å². The maximum Gasteiger partial charge on any atom is 0.258 e. The molecule has 168 valence electrons. The molecule has 0 heterocycles. The van der Waals surface area contributed by atoms with Gasteiger partial charge in [-0.2, -0.15) is 0 Å². The molecule has 0 unspecified atom stereocenters. The van der Waals surface area contributed by atoms with Crippen molar-refractivity contribution in [2.75, 3.05) is 26.7 Å². The van der Waals surface area contributed by atoms with Crippen molar-refractivity contribution in [3.8, 4) is 5.75 Å². The lowest BCUT2D eigenvalue weighted by atomic mass is 10.1. The first kappa shape index (κ1) is 25.3. The number of nitrogens with one attached hydrogen (secondary N) is 3. The molecular weight excluding hydrogens is 527 g/mol. The second-order valence-electron chi connectivity index (χ2n) is 7.33. The summed E-state index contributed by atoms with van der Waals surface area (Å²) in [5.41, 5.74) is 2.38. The summed E-state index contributed by atoms with van der Waals surface area (Å²) in [5, 5.41) is 10.3. The van der Waals surface area contributed by atoms with Gasteiger partial charge in [0.15, 0.2) is 12.6 Å². The lowest BCUT2D eigenvalue weighted by molar-refractivity contribution is -0.123. The van der Waals surface area contributed by atoms with E-state index in [-0.39, 0.29) is 36.5 Å². The first-order valence-electron chi connectivity index (χ1n) is 10.3. The first-order chi connectivity index (χ1) is 14.6. The summed E-state index contributed by atoms with van der Waals surface area (Å²) in [7, 11) is 1.76. The third-order valence-corrected chi connectivity index (χ3v) is 5.00. The van der Waals surface area contributed by atoms with E-state index in [1.54, 1.807) is 7.05 Å². The van der Waals surface area contributed by atoms with Crippen LogP contribution in [0.15, 0.2) is 53.5 Å². The summed E-state index contributed by atoms with van der Waals surface area (Å²) in [4.78, 5) is 15.9. The van der Waals surface area contributed by atoms with Crippen molar-refractivity contribution in [3.05, 3.63) is 64.7 Å². The van der Waals surface area contributed by atoms with Crippen molar-refractivity contribution in [1.29, 1.82) is 0 Å². The number of rotatable bonds is 10. The number of guanidine groups is 1. The van der Waals surface area contributed by atoms with Gasteiger partial charge < -0.3 is 20.7 Å². The average molecular weight is 557 g/mol. The molecule has 1 aliphatic carbocycles. The molecule has 3 N–H and O–H groups in total. The molecule has 0 radical (unpaired) electrons. The summed E-state index contributed by atoms with van der Waals surface area (Å²) < 4.78 is 5.53. The van der Waals surface area contributed by atoms with Gasteiger partial charge in [0.1, 0.15) is 5.75 Å². The number of carbonyl (C=O) groups excluding carboxylic acids is 1. The monoisotopic (exact) mass is 556 g/mol. The number of amides is 1. The molecule has 8 heteroatoms. The molecule has 31 heavy (non-hydrogen) atoms. The molecule has 1 aliphatic rings. The summed E-state index contributed by atoms with van der Waals surface area (Å²) in [6.07, 6.45) is 3.89. The van der Waals surface area contributed by atoms with Crippen LogP contribution in [0.25, 0.3) is 0 Å². The molecule has 0 saturated heterocycles. The number of ether oxygens (including phenoxy) is 1. The SMILES string of the molecule is CN=C(NCCc1ccc(OCC(=O)NC2CC2)cc1)NCCc1cccc(Cl)c1.I. The van der Waals surface area contributed by atoms with Crippen LogP contribution in [0, 0.1) is 0 Å². The third-order valence-electron chi connectivity index (χ3n) is 4.76. The minimum Gasteiger partial charge on any atom is -0.484 e. The van der Waals surface area contributed by atoms with Crippen LogP contribution in [0.2, 0.25) is 5.02 Å². The second-order valence-corrected chi connectivity index (χ2v) is 7.77. The Kier molecular flexibility index (Phi) is 10.9. The van der Waals surface area contributed by atoms with Crippen LogP contribution < -0.4 is 20.7 Å². The molecule has 1 fully saturated rings. The summed E-state index contributed by atoms with van der Waals surface area (Å²) >= 11 is 6.02. The maximum absolute atomic E-state index is 11.7. The quantitative estimate of drug-likeness (QED) is 0.238. The van der Waals surface area contributed by atoms with E-state index >= 15 is 0 Å². The normalized spacial score (nSPS) is 13.2. The van der Waals surface area contributed by atoms with Crippen LogP contribution in [-0.4, -0.2) is 44.7 Å². The highest BCUT2D eigenvalue weighted by Crippen LogP contribution is 2.18. The topological polar surface area (TPSA) is 74.8 Å². The van der Waals surface area contributed by atoms with Gasteiger partial charge in [0, 0.05) is 31.2 Å². The first-order valence-corrected chi connectivity index (χ1v) is 10.7. The van der Waals surface area contributed by atoms with Crippen LogP contribution in [0.4, 0.5) is 0 Å². The predicted octanol–water partition coefficient (Wildman–Crippen LogP) is 3.57. The van der Waals surface area contributed by atoms with Crippen LogP contribution in [0.3, 0.4) is 0 Å². The standard InChI is InChI=1S/C23H29ClN4O2.HI/c1-25-23(27-14-12-18-3-2-4-19(24)15-18)26-13-11-17-5-9-21(10-6-17)30-16-22(29)28-20-7-8-20;/h2-6,9-10,15,20H,7-8,11-14,16H2,1H3,(H,28,29)(H2,25,26,27);1H. The Hall–Kier alpha value is -2.00. The zero-order valence-electron chi connectivity index (χ0n) is 17.7. The highest BCUT2D eigenvalue weighted by atomic mass is 127. The molecule has 0 bridgehead atoms. The van der Waals surface area contributed by atoms with Crippen molar-refractivity contribution >= 4 is 47.4 Å². The zero-order valence-corrected chi connectivity index (χ0v) is 20.8. The molecule has 6 nitrogen and oxygen atoms in total. The number of carbonyl (C=O) groups is 1. The minimum atomic E-state index is -0.0555. The molecule has 0 aliphatic heterocycles. The maximum atomic E-state index is 11.7. The number of benzene rings is 2. The van der Waals surface area contributed by atoms with Crippen molar-refractivity contribution < 1.29 is 9.53 Å². The summed E-state index contributed by atoms with van der Waals surface area (Å²) in [6, 6.07) is 16.1. The Morgan fingerprint density at radius 3 is 2.35 bits per heavy atom. The fourth-order valence-electron chi connectivity index (χ4n) is 2.96. The van der Waals surface area contributed by atoms with E-state index < -0.39 is 0 Å². The largest absolute Gasteiger partial charge is 0.484 e. The van der Waals surface area contributed by atoms with E-state index in [0.717, 1.165) is 49.8 Å². The Balaban J connectivity index is 0.00000341. The van der Waals surface area contributed by atoms with Gasteiger partial charge in [-0.1, -0.05) is 35.9 Å². The lowest BCUT2D eigenvalue weighted by Crippen LogP contribution is -2.39. The van der Waals surface area contributed by atoms with Gasteiger partial charge in [0.2, 0.25) is 0 Å². The third kappa shape index (κ3) is 9.78. The average Bonchev–Trinajstić information content (AvgIpc) is 3.56. The zero-order chi connectivity index (χ0) is 21.2. The molecule has 0 aromatic heterocycles. The van der Waals surface area contributed by atoms with Crippen molar-refractivity contribution in [2.45, 2.75) is 31.7 Å². The Labute approximate surface area is 206 Å². The van der Waals surface area contributed by atoms with E-state index in [9.17, 15) is 4.79 Å². The van der Waals surface area contributed by atoms with Gasteiger partial charge in [-0.15, -0.1) is 24.0 Å². The van der Waals surface area contributed by atoms with Crippen molar-refractivity contribution in [3.63, 3.8) is 0 Å². The number of nitrogens with zero attached hydrogens (tertiary/aromatic N) is 1. The predicted molar refractivity (Wildman–Crippen MR) is 137 cm³/mol. The van der Waals surface area contributed by atoms with Gasteiger partial charge in [-0.25, -0.2) is 0 Å². The smallest absolute Gasteiger partial charge is 0.258 e. The van der Waals surface area contributed by atoms with E-state index in [4.69, 9.17) is 16.3 Å². The second kappa shape index (κ2) is 13.4. The van der Waals surface area contributed by atoms with Gasteiger partial charge in [0.25, 0.3) is 5.91 Å². The van der Waals surface area contributed by atoms with Crippen molar-refractivity contribution in [2.24, 2.45) is 4.99 Å². The van der Waals surface area contributed by atoms with E-state index in [1.165, 1.54) is 11.1 Å². The molecule has 0 spiro atoms. The van der Waals surface area contributed by atoms with Gasteiger partial charge in [-0.3, -0.25) is 9.79 Å². The molecular formula is C23H30ClIN4O2. The van der Waals surface area contributed by atoms with Gasteiger partial charge in [0.05, 0.1) is 0 Å². The highest BCUT2D eigenvalue weighted by Gasteiger charge is 2.23. The van der Waals surface area contributed by atoms with Crippen molar-refractivity contribution in [1.82, 2.24) is 16.0 Å². The number of halogens is 2. The van der Waals surface area contributed by atoms with E-state index in [2.05, 4.69) is 27.0 Å². The Morgan fingerprint density at radius 1 is 1.06 bits per heavy atom.